The third-order valence-electron chi connectivity index (χ3n) is 2.22. The Bertz CT molecular complexity index is 479. The Morgan fingerprint density at radius 3 is 2.83 bits per heavy atom. The summed E-state index contributed by atoms with van der Waals surface area (Å²) in [6, 6.07) is 1.90. The van der Waals surface area contributed by atoms with Crippen molar-refractivity contribution in [2.24, 2.45) is 0 Å². The molecule has 0 aromatic carbocycles. The summed E-state index contributed by atoms with van der Waals surface area (Å²) in [4.78, 5) is 13.9. The first-order valence-electron chi connectivity index (χ1n) is 3.86. The molecule has 0 saturated carbocycles. The van der Waals surface area contributed by atoms with Crippen LogP contribution in [0.25, 0.3) is 5.52 Å². The zero-order chi connectivity index (χ0) is 8.72. The van der Waals surface area contributed by atoms with E-state index in [0.29, 0.717) is 5.52 Å². The van der Waals surface area contributed by atoms with Gasteiger partial charge in [0.1, 0.15) is 5.52 Å². The Balaban J connectivity index is 3.05. The van der Waals surface area contributed by atoms with Crippen molar-refractivity contribution >= 4 is 5.52 Å². The third kappa shape index (κ3) is 0.794. The van der Waals surface area contributed by atoms with Crippen molar-refractivity contribution in [2.75, 3.05) is 0 Å². The van der Waals surface area contributed by atoms with Crippen LogP contribution in [0.15, 0.2) is 23.3 Å². The van der Waals surface area contributed by atoms with Gasteiger partial charge in [-0.15, -0.1) is 0 Å². The topological polar surface area (TPSA) is 37.3 Å². The quantitative estimate of drug-likeness (QED) is 0.621. The monoisotopic (exact) mass is 162 g/mol. The minimum absolute atomic E-state index is 0.0336. The summed E-state index contributed by atoms with van der Waals surface area (Å²) >= 11 is 0. The SMILES string of the molecule is Cc1cc2c(=O)[nH]ccn2c1C. The summed E-state index contributed by atoms with van der Waals surface area (Å²) in [5.74, 6) is 0. The molecule has 0 atom stereocenters. The Morgan fingerprint density at radius 2 is 2.17 bits per heavy atom. The van der Waals surface area contributed by atoms with Crippen LogP contribution in [0, 0.1) is 13.8 Å². The number of aryl methyl sites for hydroxylation is 2. The molecule has 2 rings (SSSR count). The van der Waals surface area contributed by atoms with Crippen LogP contribution in [-0.4, -0.2) is 9.38 Å². The molecule has 0 radical (unpaired) electrons. The molecule has 0 amide bonds. The second kappa shape index (κ2) is 2.24. The Morgan fingerprint density at radius 1 is 1.42 bits per heavy atom. The highest BCUT2D eigenvalue weighted by Gasteiger charge is 2.03. The molecule has 62 valence electrons. The minimum atomic E-state index is -0.0336. The molecule has 12 heavy (non-hydrogen) atoms. The van der Waals surface area contributed by atoms with Crippen molar-refractivity contribution in [1.82, 2.24) is 9.38 Å². The molecule has 0 saturated heterocycles. The van der Waals surface area contributed by atoms with Crippen LogP contribution in [0.2, 0.25) is 0 Å². The largest absolute Gasteiger partial charge is 0.326 e. The first-order chi connectivity index (χ1) is 5.70. The fourth-order valence-electron chi connectivity index (χ4n) is 1.38. The molecule has 3 nitrogen and oxygen atoms in total. The van der Waals surface area contributed by atoms with Gasteiger partial charge >= 0.3 is 0 Å². The van der Waals surface area contributed by atoms with Crippen LogP contribution in [0.1, 0.15) is 11.3 Å². The zero-order valence-electron chi connectivity index (χ0n) is 7.09. The van der Waals surface area contributed by atoms with Gasteiger partial charge in [0.15, 0.2) is 0 Å². The van der Waals surface area contributed by atoms with Crippen LogP contribution in [0.3, 0.4) is 0 Å². The van der Waals surface area contributed by atoms with Crippen molar-refractivity contribution in [3.8, 4) is 0 Å². The lowest BCUT2D eigenvalue weighted by Gasteiger charge is -1.94. The van der Waals surface area contributed by atoms with Crippen LogP contribution in [0.5, 0.6) is 0 Å². The highest BCUT2D eigenvalue weighted by Crippen LogP contribution is 2.10. The molecule has 0 aliphatic carbocycles. The van der Waals surface area contributed by atoms with Gasteiger partial charge < -0.3 is 9.38 Å². The van der Waals surface area contributed by atoms with Crippen molar-refractivity contribution < 1.29 is 0 Å². The highest BCUT2D eigenvalue weighted by atomic mass is 16.1. The number of hydrogen-bond acceptors (Lipinski definition) is 1. The van der Waals surface area contributed by atoms with E-state index in [0.717, 1.165) is 11.3 Å². The second-order valence-corrected chi connectivity index (χ2v) is 2.96. The Kier molecular flexibility index (Phi) is 1.33. The van der Waals surface area contributed by atoms with Crippen LogP contribution in [-0.2, 0) is 0 Å². The van der Waals surface area contributed by atoms with E-state index in [1.165, 1.54) is 0 Å². The van der Waals surface area contributed by atoms with Gasteiger partial charge in [-0.2, -0.15) is 0 Å². The summed E-state index contributed by atoms with van der Waals surface area (Å²) < 4.78 is 1.90. The number of aromatic amines is 1. The Hall–Kier alpha value is -1.51. The molecule has 0 aliphatic heterocycles. The van der Waals surface area contributed by atoms with Gasteiger partial charge in [0.2, 0.25) is 0 Å². The highest BCUT2D eigenvalue weighted by molar-refractivity contribution is 5.50. The standard InChI is InChI=1S/C9H10N2O/c1-6-5-8-9(12)10-3-4-11(8)7(6)2/h3-5H,1-2H3,(H,10,12). The molecule has 0 aliphatic rings. The molecular formula is C9H10N2O. The normalized spacial score (nSPS) is 10.8. The molecule has 0 spiro atoms. The van der Waals surface area contributed by atoms with Gasteiger partial charge in [-0.25, -0.2) is 0 Å². The minimum Gasteiger partial charge on any atom is -0.326 e. The number of nitrogens with one attached hydrogen (secondary N) is 1. The molecule has 2 aromatic rings. The Labute approximate surface area is 69.7 Å². The van der Waals surface area contributed by atoms with E-state index in [1.807, 2.05) is 30.5 Å². The van der Waals surface area contributed by atoms with Gasteiger partial charge in [-0.1, -0.05) is 0 Å². The van der Waals surface area contributed by atoms with E-state index < -0.39 is 0 Å². The average Bonchev–Trinajstić information content (AvgIpc) is 2.32. The van der Waals surface area contributed by atoms with Crippen molar-refractivity contribution in [3.63, 3.8) is 0 Å². The molecule has 0 bridgehead atoms. The lowest BCUT2D eigenvalue weighted by atomic mass is 10.3. The maximum Gasteiger partial charge on any atom is 0.272 e. The summed E-state index contributed by atoms with van der Waals surface area (Å²) in [5, 5.41) is 0. The fraction of sp³-hybridized carbons (Fsp3) is 0.222. The van der Waals surface area contributed by atoms with Gasteiger partial charge in [-0.05, 0) is 25.5 Å². The summed E-state index contributed by atoms with van der Waals surface area (Å²) in [6.07, 6.45) is 3.51. The molecule has 0 unspecified atom stereocenters. The van der Waals surface area contributed by atoms with Crippen molar-refractivity contribution in [1.29, 1.82) is 0 Å². The zero-order valence-corrected chi connectivity index (χ0v) is 7.09. The van der Waals surface area contributed by atoms with Gasteiger partial charge in [0.25, 0.3) is 5.56 Å². The number of hydrogen-bond donors (Lipinski definition) is 1. The predicted octanol–water partition coefficient (Wildman–Crippen LogP) is 1.24. The molecular weight excluding hydrogens is 152 g/mol. The fourth-order valence-corrected chi connectivity index (χ4v) is 1.38. The van der Waals surface area contributed by atoms with Crippen LogP contribution in [0.4, 0.5) is 0 Å². The first-order valence-corrected chi connectivity index (χ1v) is 3.86. The average molecular weight is 162 g/mol. The molecule has 3 heteroatoms. The molecule has 0 fully saturated rings. The number of rotatable bonds is 0. The second-order valence-electron chi connectivity index (χ2n) is 2.96. The smallest absolute Gasteiger partial charge is 0.272 e. The van der Waals surface area contributed by atoms with Crippen LogP contribution < -0.4 is 5.56 Å². The third-order valence-corrected chi connectivity index (χ3v) is 2.22. The van der Waals surface area contributed by atoms with E-state index in [2.05, 4.69) is 4.98 Å². The summed E-state index contributed by atoms with van der Waals surface area (Å²) in [6.45, 7) is 4.00. The number of nitrogens with zero attached hydrogens (tertiary/aromatic N) is 1. The van der Waals surface area contributed by atoms with Crippen LogP contribution >= 0.6 is 0 Å². The van der Waals surface area contributed by atoms with Gasteiger partial charge in [-0.3, -0.25) is 4.79 Å². The van der Waals surface area contributed by atoms with Crippen molar-refractivity contribution in [3.05, 3.63) is 40.1 Å². The van der Waals surface area contributed by atoms with E-state index >= 15 is 0 Å². The van der Waals surface area contributed by atoms with E-state index in [9.17, 15) is 4.79 Å². The molecule has 1 N–H and O–H groups in total. The van der Waals surface area contributed by atoms with Gasteiger partial charge in [0.05, 0.1) is 0 Å². The summed E-state index contributed by atoms with van der Waals surface area (Å²) in [5.41, 5.74) is 2.95. The lowest BCUT2D eigenvalue weighted by molar-refractivity contribution is 1.05. The number of H-pyrrole nitrogens is 1. The summed E-state index contributed by atoms with van der Waals surface area (Å²) in [7, 11) is 0. The first kappa shape index (κ1) is 7.16. The maximum absolute atomic E-state index is 11.3. The number of fused-ring (bicyclic) bond motifs is 1. The molecule has 2 heterocycles. The number of aromatic nitrogens is 2. The lowest BCUT2D eigenvalue weighted by Crippen LogP contribution is -2.07. The van der Waals surface area contributed by atoms with E-state index in [1.54, 1.807) is 6.20 Å². The van der Waals surface area contributed by atoms with Gasteiger partial charge in [0, 0.05) is 18.1 Å². The van der Waals surface area contributed by atoms with Crippen molar-refractivity contribution in [2.45, 2.75) is 13.8 Å². The van der Waals surface area contributed by atoms with E-state index in [-0.39, 0.29) is 5.56 Å². The predicted molar refractivity (Wildman–Crippen MR) is 47.5 cm³/mol. The van der Waals surface area contributed by atoms with E-state index in [4.69, 9.17) is 0 Å². The molecule has 2 aromatic heterocycles. The maximum atomic E-state index is 11.3.